The highest BCUT2D eigenvalue weighted by Gasteiger charge is 2.30. The normalized spacial score (nSPS) is 11.8. The lowest BCUT2D eigenvalue weighted by Crippen LogP contribution is -2.11. The Morgan fingerprint density at radius 3 is 2.48 bits per heavy atom. The van der Waals surface area contributed by atoms with E-state index in [1.165, 1.54) is 6.07 Å². The Labute approximate surface area is 130 Å². The Morgan fingerprint density at radius 1 is 0.913 bits per heavy atom. The van der Waals surface area contributed by atoms with Crippen molar-refractivity contribution >= 4 is 0 Å². The lowest BCUT2D eigenvalue weighted by Gasteiger charge is -2.07. The van der Waals surface area contributed by atoms with E-state index in [-0.39, 0.29) is 0 Å². The Hall–Kier alpha value is -2.47. The van der Waals surface area contributed by atoms with Gasteiger partial charge in [-0.2, -0.15) is 13.2 Å². The van der Waals surface area contributed by atoms with Crippen LogP contribution in [0.4, 0.5) is 13.2 Å². The first-order valence-electron chi connectivity index (χ1n) is 7.02. The van der Waals surface area contributed by atoms with E-state index in [1.54, 1.807) is 30.5 Å². The summed E-state index contributed by atoms with van der Waals surface area (Å²) in [5.74, 6) is 1.85. The summed E-state index contributed by atoms with van der Waals surface area (Å²) in [6.45, 7) is 1.01. The number of rotatable bonds is 5. The molecule has 0 fully saturated rings. The third-order valence-electron chi connectivity index (χ3n) is 3.31. The molecular formula is C17H14F3NO2. The van der Waals surface area contributed by atoms with E-state index in [0.717, 1.165) is 17.9 Å². The van der Waals surface area contributed by atoms with Crippen LogP contribution in [0.25, 0.3) is 11.3 Å². The van der Waals surface area contributed by atoms with Gasteiger partial charge in [-0.1, -0.05) is 12.1 Å². The third-order valence-corrected chi connectivity index (χ3v) is 3.31. The number of alkyl halides is 3. The number of benzene rings is 1. The van der Waals surface area contributed by atoms with Gasteiger partial charge in [0.1, 0.15) is 17.3 Å². The van der Waals surface area contributed by atoms with Gasteiger partial charge in [-0.15, -0.1) is 0 Å². The van der Waals surface area contributed by atoms with Gasteiger partial charge in [-0.25, -0.2) is 0 Å². The third kappa shape index (κ3) is 3.84. The molecule has 1 N–H and O–H groups in total. The van der Waals surface area contributed by atoms with Crippen molar-refractivity contribution in [1.82, 2.24) is 5.32 Å². The van der Waals surface area contributed by atoms with Gasteiger partial charge in [-0.3, -0.25) is 0 Å². The van der Waals surface area contributed by atoms with Crippen LogP contribution in [0.2, 0.25) is 0 Å². The minimum absolute atomic E-state index is 0.400. The Kier molecular flexibility index (Phi) is 4.25. The maximum atomic E-state index is 12.7. The standard InChI is InChI=1S/C17H14F3NO2/c18-17(19,20)13-4-1-3-12(9-13)16-7-6-15(23-16)11-21-10-14-5-2-8-22-14/h1-9,21H,10-11H2. The maximum absolute atomic E-state index is 12.7. The topological polar surface area (TPSA) is 38.3 Å². The zero-order valence-electron chi connectivity index (χ0n) is 12.1. The molecule has 0 aliphatic rings. The van der Waals surface area contributed by atoms with E-state index < -0.39 is 11.7 Å². The van der Waals surface area contributed by atoms with Crippen molar-refractivity contribution in [2.75, 3.05) is 0 Å². The molecule has 0 atom stereocenters. The van der Waals surface area contributed by atoms with Gasteiger partial charge in [0.25, 0.3) is 0 Å². The number of hydrogen-bond donors (Lipinski definition) is 1. The van der Waals surface area contributed by atoms with Gasteiger partial charge in [-0.05, 0) is 36.4 Å². The average molecular weight is 321 g/mol. The van der Waals surface area contributed by atoms with E-state index in [2.05, 4.69) is 5.32 Å². The molecule has 0 saturated heterocycles. The van der Waals surface area contributed by atoms with Gasteiger partial charge in [0.2, 0.25) is 0 Å². The van der Waals surface area contributed by atoms with E-state index in [1.807, 2.05) is 6.07 Å². The highest BCUT2D eigenvalue weighted by atomic mass is 19.4. The smallest absolute Gasteiger partial charge is 0.416 e. The molecule has 2 heterocycles. The maximum Gasteiger partial charge on any atom is 0.416 e. The molecule has 0 aliphatic heterocycles. The van der Waals surface area contributed by atoms with Crippen molar-refractivity contribution in [1.29, 1.82) is 0 Å². The Morgan fingerprint density at radius 2 is 1.74 bits per heavy atom. The SMILES string of the molecule is FC(F)(F)c1cccc(-c2ccc(CNCc3ccco3)o2)c1. The van der Waals surface area contributed by atoms with Gasteiger partial charge < -0.3 is 14.2 Å². The molecule has 3 rings (SSSR count). The molecule has 0 bridgehead atoms. The quantitative estimate of drug-likeness (QED) is 0.730. The predicted octanol–water partition coefficient (Wildman–Crippen LogP) is 4.85. The summed E-state index contributed by atoms with van der Waals surface area (Å²) < 4.78 is 49.0. The minimum atomic E-state index is -4.37. The summed E-state index contributed by atoms with van der Waals surface area (Å²) in [6, 6.07) is 12.1. The van der Waals surface area contributed by atoms with Crippen LogP contribution in [0.15, 0.2) is 63.6 Å². The monoisotopic (exact) mass is 321 g/mol. The first kappa shape index (κ1) is 15.4. The van der Waals surface area contributed by atoms with E-state index in [9.17, 15) is 13.2 Å². The zero-order valence-corrected chi connectivity index (χ0v) is 12.1. The molecule has 0 aliphatic carbocycles. The second kappa shape index (κ2) is 6.34. The second-order valence-electron chi connectivity index (χ2n) is 5.03. The zero-order chi connectivity index (χ0) is 16.3. The highest BCUT2D eigenvalue weighted by Crippen LogP contribution is 2.32. The van der Waals surface area contributed by atoms with Crippen LogP contribution in [-0.4, -0.2) is 0 Å². The lowest BCUT2D eigenvalue weighted by atomic mass is 10.1. The fraction of sp³-hybridized carbons (Fsp3) is 0.176. The van der Waals surface area contributed by atoms with E-state index in [4.69, 9.17) is 8.83 Å². The van der Waals surface area contributed by atoms with Gasteiger partial charge in [0.05, 0.1) is 24.9 Å². The predicted molar refractivity (Wildman–Crippen MR) is 78.4 cm³/mol. The Bertz CT molecular complexity index is 760. The number of halogens is 3. The van der Waals surface area contributed by atoms with Crippen LogP contribution in [0.3, 0.4) is 0 Å². The lowest BCUT2D eigenvalue weighted by molar-refractivity contribution is -0.137. The van der Waals surface area contributed by atoms with Crippen molar-refractivity contribution in [3.63, 3.8) is 0 Å². The molecule has 0 unspecified atom stereocenters. The molecular weight excluding hydrogens is 307 g/mol. The molecule has 0 radical (unpaired) electrons. The number of hydrogen-bond acceptors (Lipinski definition) is 3. The molecule has 0 amide bonds. The summed E-state index contributed by atoms with van der Waals surface area (Å²) in [5, 5.41) is 3.14. The van der Waals surface area contributed by atoms with Crippen molar-refractivity contribution in [3.05, 3.63) is 71.9 Å². The average Bonchev–Trinajstić information content (AvgIpc) is 3.18. The van der Waals surface area contributed by atoms with Crippen molar-refractivity contribution < 1.29 is 22.0 Å². The summed E-state index contributed by atoms with van der Waals surface area (Å²) >= 11 is 0. The molecule has 1 aromatic carbocycles. The largest absolute Gasteiger partial charge is 0.468 e. The summed E-state index contributed by atoms with van der Waals surface area (Å²) in [5.41, 5.74) is -0.291. The first-order valence-corrected chi connectivity index (χ1v) is 7.02. The first-order chi connectivity index (χ1) is 11.0. The highest BCUT2D eigenvalue weighted by molar-refractivity contribution is 5.58. The van der Waals surface area contributed by atoms with Gasteiger partial charge in [0, 0.05) is 5.56 Å². The van der Waals surface area contributed by atoms with Crippen molar-refractivity contribution in [2.24, 2.45) is 0 Å². The minimum Gasteiger partial charge on any atom is -0.468 e. The number of furan rings is 2. The molecule has 120 valence electrons. The molecule has 0 spiro atoms. The fourth-order valence-electron chi connectivity index (χ4n) is 2.20. The summed E-state index contributed by atoms with van der Waals surface area (Å²) in [6.07, 6.45) is -2.77. The van der Waals surface area contributed by atoms with Crippen molar-refractivity contribution in [3.8, 4) is 11.3 Å². The molecule has 6 heteroatoms. The summed E-state index contributed by atoms with van der Waals surface area (Å²) in [7, 11) is 0. The Balaban J connectivity index is 1.67. The van der Waals surface area contributed by atoms with Crippen LogP contribution in [0.1, 0.15) is 17.1 Å². The molecule has 3 aromatic rings. The van der Waals surface area contributed by atoms with Crippen molar-refractivity contribution in [2.45, 2.75) is 19.3 Å². The van der Waals surface area contributed by atoms with Crippen LogP contribution < -0.4 is 5.32 Å². The second-order valence-corrected chi connectivity index (χ2v) is 5.03. The van der Waals surface area contributed by atoms with Gasteiger partial charge in [0.15, 0.2) is 0 Å². The molecule has 0 saturated carbocycles. The van der Waals surface area contributed by atoms with Crippen LogP contribution >= 0.6 is 0 Å². The number of nitrogens with one attached hydrogen (secondary N) is 1. The fourth-order valence-corrected chi connectivity index (χ4v) is 2.20. The molecule has 2 aromatic heterocycles. The van der Waals surface area contributed by atoms with E-state index in [0.29, 0.717) is 30.2 Å². The van der Waals surface area contributed by atoms with Crippen LogP contribution in [0.5, 0.6) is 0 Å². The van der Waals surface area contributed by atoms with Crippen LogP contribution in [0, 0.1) is 0 Å². The summed E-state index contributed by atoms with van der Waals surface area (Å²) in [4.78, 5) is 0. The molecule has 3 nitrogen and oxygen atoms in total. The van der Waals surface area contributed by atoms with E-state index >= 15 is 0 Å². The molecule has 23 heavy (non-hydrogen) atoms. The van der Waals surface area contributed by atoms with Gasteiger partial charge >= 0.3 is 6.18 Å². The van der Waals surface area contributed by atoms with Crippen LogP contribution in [-0.2, 0) is 19.3 Å².